The lowest BCUT2D eigenvalue weighted by Crippen LogP contribution is -2.14. The largest absolute Gasteiger partial charge is 0.389 e. The summed E-state index contributed by atoms with van der Waals surface area (Å²) in [5.74, 6) is 0.265. The molecule has 3 N–H and O–H groups in total. The predicted molar refractivity (Wildman–Crippen MR) is 77.4 cm³/mol. The first kappa shape index (κ1) is 13.4. The van der Waals surface area contributed by atoms with Crippen molar-refractivity contribution >= 4 is 33.0 Å². The molecule has 19 heavy (non-hydrogen) atoms. The van der Waals surface area contributed by atoms with Crippen LogP contribution in [0.4, 0.5) is 5.82 Å². The first-order valence-electron chi connectivity index (χ1n) is 5.33. The molecule has 0 saturated carbocycles. The molecule has 5 nitrogen and oxygen atoms in total. The number of sulfonamides is 1. The Morgan fingerprint density at radius 1 is 1.16 bits per heavy atom. The van der Waals surface area contributed by atoms with Gasteiger partial charge in [-0.05, 0) is 24.3 Å². The van der Waals surface area contributed by atoms with Crippen LogP contribution in [0.25, 0.3) is 0 Å². The fraction of sp³-hybridized carbons (Fsp3) is 0. The number of aromatic nitrogens is 1. The number of pyridine rings is 1. The number of nitrogens with two attached hydrogens (primary N) is 1. The van der Waals surface area contributed by atoms with Crippen LogP contribution in [-0.2, 0) is 10.0 Å². The average Bonchev–Trinajstić information content (AvgIpc) is 2.39. The van der Waals surface area contributed by atoms with Gasteiger partial charge in [-0.1, -0.05) is 30.4 Å². The Bertz CT molecular complexity index is 683. The minimum atomic E-state index is -3.65. The summed E-state index contributed by atoms with van der Waals surface area (Å²) in [6.07, 6.45) is 1.51. The Morgan fingerprint density at radius 3 is 2.37 bits per heavy atom. The summed E-state index contributed by atoms with van der Waals surface area (Å²) >= 11 is 4.81. The molecule has 0 unspecified atom stereocenters. The van der Waals surface area contributed by atoms with Crippen molar-refractivity contribution in [2.45, 2.75) is 4.90 Å². The van der Waals surface area contributed by atoms with Crippen molar-refractivity contribution in [3.8, 4) is 0 Å². The van der Waals surface area contributed by atoms with Crippen molar-refractivity contribution in [2.24, 2.45) is 5.73 Å². The van der Waals surface area contributed by atoms with Crippen LogP contribution >= 0.6 is 12.2 Å². The zero-order valence-corrected chi connectivity index (χ0v) is 11.4. The van der Waals surface area contributed by atoms with Crippen LogP contribution in [0.2, 0.25) is 0 Å². The van der Waals surface area contributed by atoms with Crippen molar-refractivity contribution in [1.82, 2.24) is 4.98 Å². The fourth-order valence-electron chi connectivity index (χ4n) is 1.42. The molecular formula is C12H11N3O2S2. The number of nitrogens with one attached hydrogen (secondary N) is 1. The van der Waals surface area contributed by atoms with E-state index in [1.165, 1.54) is 18.3 Å². The van der Waals surface area contributed by atoms with Gasteiger partial charge in [0.2, 0.25) is 0 Å². The molecule has 0 bridgehead atoms. The lowest BCUT2D eigenvalue weighted by molar-refractivity contribution is 0.601. The molecule has 0 spiro atoms. The number of thiocarbonyl (C=S) groups is 1. The predicted octanol–water partition coefficient (Wildman–Crippen LogP) is 1.52. The molecule has 0 fully saturated rings. The summed E-state index contributed by atoms with van der Waals surface area (Å²) in [6, 6.07) is 11.0. The van der Waals surface area contributed by atoms with Crippen LogP contribution in [-0.4, -0.2) is 18.4 Å². The highest BCUT2D eigenvalue weighted by Gasteiger charge is 2.14. The van der Waals surface area contributed by atoms with Gasteiger partial charge in [-0.3, -0.25) is 4.72 Å². The van der Waals surface area contributed by atoms with E-state index in [1.807, 2.05) is 0 Å². The molecule has 1 heterocycles. The molecule has 7 heteroatoms. The van der Waals surface area contributed by atoms with Crippen molar-refractivity contribution in [1.29, 1.82) is 0 Å². The van der Waals surface area contributed by atoms with E-state index in [-0.39, 0.29) is 15.7 Å². The van der Waals surface area contributed by atoms with Crippen molar-refractivity contribution in [3.05, 3.63) is 54.2 Å². The molecule has 98 valence electrons. The van der Waals surface area contributed by atoms with Gasteiger partial charge in [-0.25, -0.2) is 13.4 Å². The number of nitrogens with zero attached hydrogens (tertiary/aromatic N) is 1. The van der Waals surface area contributed by atoms with Crippen molar-refractivity contribution in [2.75, 3.05) is 4.72 Å². The second kappa shape index (κ2) is 5.33. The van der Waals surface area contributed by atoms with Crippen LogP contribution in [0.15, 0.2) is 53.6 Å². The Hall–Kier alpha value is -1.99. The highest BCUT2D eigenvalue weighted by Crippen LogP contribution is 2.14. The average molecular weight is 293 g/mol. The van der Waals surface area contributed by atoms with Gasteiger partial charge >= 0.3 is 0 Å². The van der Waals surface area contributed by atoms with Gasteiger partial charge in [0.25, 0.3) is 10.0 Å². The zero-order chi connectivity index (χ0) is 13.9. The van der Waals surface area contributed by atoms with E-state index in [0.717, 1.165) is 0 Å². The first-order chi connectivity index (χ1) is 8.99. The van der Waals surface area contributed by atoms with E-state index in [0.29, 0.717) is 5.56 Å². The molecule has 0 amide bonds. The third-order valence-electron chi connectivity index (χ3n) is 2.35. The summed E-state index contributed by atoms with van der Waals surface area (Å²) < 4.78 is 26.5. The Labute approximate surface area is 116 Å². The first-order valence-corrected chi connectivity index (χ1v) is 7.22. The fourth-order valence-corrected chi connectivity index (χ4v) is 2.56. The van der Waals surface area contributed by atoms with Gasteiger partial charge in [-0.2, -0.15) is 0 Å². The molecule has 1 aromatic carbocycles. The second-order valence-electron chi connectivity index (χ2n) is 3.71. The molecular weight excluding hydrogens is 282 g/mol. The highest BCUT2D eigenvalue weighted by molar-refractivity contribution is 7.92. The lowest BCUT2D eigenvalue weighted by Gasteiger charge is -2.07. The third-order valence-corrected chi connectivity index (χ3v) is 3.96. The summed E-state index contributed by atoms with van der Waals surface area (Å²) in [4.78, 5) is 4.25. The maximum absolute atomic E-state index is 12.1. The summed E-state index contributed by atoms with van der Waals surface area (Å²) in [5.41, 5.74) is 6.07. The molecule has 0 radical (unpaired) electrons. The van der Waals surface area contributed by atoms with Crippen LogP contribution in [0.1, 0.15) is 5.56 Å². The Kier molecular flexibility index (Phi) is 3.77. The van der Waals surface area contributed by atoms with E-state index in [4.69, 9.17) is 18.0 Å². The number of hydrogen-bond donors (Lipinski definition) is 2. The van der Waals surface area contributed by atoms with Gasteiger partial charge in [0.05, 0.1) is 4.90 Å². The van der Waals surface area contributed by atoms with Crippen LogP contribution in [0.3, 0.4) is 0 Å². The summed E-state index contributed by atoms with van der Waals surface area (Å²) in [7, 11) is -3.65. The smallest absolute Gasteiger partial charge is 0.263 e. The monoisotopic (exact) mass is 293 g/mol. The SMILES string of the molecule is NC(=S)c1ccc(S(=O)(=O)Nc2ccccn2)cc1. The highest BCUT2D eigenvalue weighted by atomic mass is 32.2. The van der Waals surface area contributed by atoms with Gasteiger partial charge in [0.1, 0.15) is 10.8 Å². The normalized spacial score (nSPS) is 10.9. The summed E-state index contributed by atoms with van der Waals surface area (Å²) in [5, 5.41) is 0. The Morgan fingerprint density at radius 2 is 1.84 bits per heavy atom. The quantitative estimate of drug-likeness (QED) is 0.835. The second-order valence-corrected chi connectivity index (χ2v) is 5.83. The van der Waals surface area contributed by atoms with Gasteiger partial charge in [0, 0.05) is 11.8 Å². The van der Waals surface area contributed by atoms with Crippen LogP contribution in [0.5, 0.6) is 0 Å². The van der Waals surface area contributed by atoms with E-state index in [2.05, 4.69) is 9.71 Å². The molecule has 0 aliphatic heterocycles. The third kappa shape index (κ3) is 3.27. The number of anilines is 1. The van der Waals surface area contributed by atoms with E-state index in [9.17, 15) is 8.42 Å². The molecule has 2 aromatic rings. The van der Waals surface area contributed by atoms with Crippen molar-refractivity contribution < 1.29 is 8.42 Å². The number of benzene rings is 1. The van der Waals surface area contributed by atoms with E-state index < -0.39 is 10.0 Å². The van der Waals surface area contributed by atoms with Gasteiger partial charge < -0.3 is 5.73 Å². The van der Waals surface area contributed by atoms with Gasteiger partial charge in [-0.15, -0.1) is 0 Å². The molecule has 0 aliphatic rings. The maximum Gasteiger partial charge on any atom is 0.263 e. The molecule has 0 aliphatic carbocycles. The van der Waals surface area contributed by atoms with Crippen LogP contribution < -0.4 is 10.5 Å². The molecule has 1 aromatic heterocycles. The lowest BCUT2D eigenvalue weighted by atomic mass is 10.2. The van der Waals surface area contributed by atoms with E-state index >= 15 is 0 Å². The molecule has 0 atom stereocenters. The standard InChI is InChI=1S/C12H11N3O2S2/c13-12(18)9-4-6-10(7-5-9)19(16,17)15-11-3-1-2-8-14-11/h1-8H,(H2,13,18)(H,14,15). The van der Waals surface area contributed by atoms with E-state index in [1.54, 1.807) is 30.3 Å². The number of hydrogen-bond acceptors (Lipinski definition) is 4. The molecule has 2 rings (SSSR count). The minimum absolute atomic E-state index is 0.123. The topological polar surface area (TPSA) is 85.1 Å². The van der Waals surface area contributed by atoms with Gasteiger partial charge in [0.15, 0.2) is 0 Å². The minimum Gasteiger partial charge on any atom is -0.389 e. The molecule has 0 saturated heterocycles. The van der Waals surface area contributed by atoms with Crippen LogP contribution in [0, 0.1) is 0 Å². The zero-order valence-electron chi connectivity index (χ0n) is 9.78. The van der Waals surface area contributed by atoms with Crippen molar-refractivity contribution in [3.63, 3.8) is 0 Å². The number of rotatable bonds is 4. The summed E-state index contributed by atoms with van der Waals surface area (Å²) in [6.45, 7) is 0. The Balaban J connectivity index is 2.27. The maximum atomic E-state index is 12.1.